The van der Waals surface area contributed by atoms with E-state index in [1.165, 1.54) is 23.4 Å². The molecule has 0 spiro atoms. The van der Waals surface area contributed by atoms with E-state index in [1.54, 1.807) is 13.0 Å². The zero-order chi connectivity index (χ0) is 35.4. The van der Waals surface area contributed by atoms with Crippen molar-refractivity contribution in [3.8, 4) is 0 Å². The Morgan fingerprint density at radius 1 is 1.00 bits per heavy atom. The van der Waals surface area contributed by atoms with Crippen LogP contribution in [0.2, 0.25) is 5.02 Å². The highest BCUT2D eigenvalue weighted by molar-refractivity contribution is 6.31. The maximum Gasteiger partial charge on any atom is 0.151 e. The van der Waals surface area contributed by atoms with Crippen LogP contribution in [0.4, 0.5) is 8.78 Å². The molecule has 45 heavy (non-hydrogen) atoms. The van der Waals surface area contributed by atoms with Crippen LogP contribution in [-0.4, -0.2) is 11.2 Å². The van der Waals surface area contributed by atoms with E-state index in [0.717, 1.165) is 67.4 Å². The van der Waals surface area contributed by atoms with Crippen molar-refractivity contribution in [3.63, 3.8) is 0 Å². The number of hydrogen-bond donors (Lipinski definition) is 1. The van der Waals surface area contributed by atoms with Gasteiger partial charge in [0.05, 0.1) is 11.2 Å². The Hall–Kier alpha value is -2.72. The van der Waals surface area contributed by atoms with Gasteiger partial charge >= 0.3 is 0 Å². The summed E-state index contributed by atoms with van der Waals surface area (Å²) in [4.78, 5) is 7.36. The molecule has 5 heteroatoms. The van der Waals surface area contributed by atoms with Gasteiger partial charge in [-0.15, -0.1) is 6.58 Å². The summed E-state index contributed by atoms with van der Waals surface area (Å²) in [7, 11) is 0. The quantitative estimate of drug-likeness (QED) is 0.135. The first kappa shape index (κ1) is 46.7. The van der Waals surface area contributed by atoms with E-state index in [-0.39, 0.29) is 22.6 Å². The van der Waals surface area contributed by atoms with Crippen LogP contribution in [-0.2, 0) is 6.42 Å². The number of benzene rings is 1. The van der Waals surface area contributed by atoms with Crippen LogP contribution in [0.25, 0.3) is 10.9 Å². The summed E-state index contributed by atoms with van der Waals surface area (Å²) in [6, 6.07) is 3.52. The smallest absolute Gasteiger partial charge is 0.151 e. The highest BCUT2D eigenvalue weighted by Gasteiger charge is 2.21. The summed E-state index contributed by atoms with van der Waals surface area (Å²) in [6.07, 6.45) is 18.2. The highest BCUT2D eigenvalue weighted by atomic mass is 35.5. The van der Waals surface area contributed by atoms with E-state index >= 15 is 0 Å². The third kappa shape index (κ3) is 19.4. The van der Waals surface area contributed by atoms with Crippen molar-refractivity contribution >= 4 is 28.7 Å². The third-order valence-electron chi connectivity index (χ3n) is 6.46. The van der Waals surface area contributed by atoms with Crippen molar-refractivity contribution in [2.45, 2.75) is 141 Å². The molecule has 0 saturated heterocycles. The Balaban J connectivity index is -0.000000731. The molecular weight excluding hydrogens is 582 g/mol. The number of H-pyrrole nitrogens is 1. The molecule has 0 bridgehead atoms. The summed E-state index contributed by atoms with van der Waals surface area (Å²) in [6.45, 7) is 29.9. The van der Waals surface area contributed by atoms with Gasteiger partial charge in [-0.05, 0) is 82.6 Å². The van der Waals surface area contributed by atoms with Crippen molar-refractivity contribution in [2.75, 3.05) is 0 Å². The van der Waals surface area contributed by atoms with Crippen LogP contribution in [0.1, 0.15) is 146 Å². The second-order valence-corrected chi connectivity index (χ2v) is 10.5. The normalized spacial score (nSPS) is 12.4. The number of halogens is 3. The van der Waals surface area contributed by atoms with E-state index in [1.807, 2.05) is 60.6 Å². The molecule has 1 unspecified atom stereocenters. The first-order valence-corrected chi connectivity index (χ1v) is 17.4. The van der Waals surface area contributed by atoms with E-state index in [2.05, 4.69) is 69.4 Å². The molecule has 0 aliphatic carbocycles. The molecule has 2 aromatic rings. The average Bonchev–Trinajstić information content (AvgIpc) is 3.43. The Labute approximate surface area is 281 Å². The minimum Gasteiger partial charge on any atom is -0.358 e. The molecule has 0 radical (unpaired) electrons. The standard InChI is InChI=1S/C22H29ClFN.C9H14FN.C5H10.2C2H6/c1-5-8-11-16(10-7-3)15(4)22-17(12-9-6-2)20-19(25-22)14-13-18(23)21(20)24;1-4-6-8(3)11-7-9(10)5-2;1-4-5(2)3;2*1-2/h8,10-11,13-15,25H,5-7,9,12H2,1-4H3;5-7H,4H2,1-3H3;2,4H2,1,3H3;2*1-2H3/b11-8+,16-10+;8-6+,9-5+,11-7+;;;. The number of hydrogen-bond acceptors (Lipinski definition) is 1. The van der Waals surface area contributed by atoms with Gasteiger partial charge in [0, 0.05) is 28.2 Å². The molecule has 1 heterocycles. The molecule has 1 N–H and O–H groups in total. The van der Waals surface area contributed by atoms with E-state index in [9.17, 15) is 8.78 Å². The molecule has 2 nitrogen and oxygen atoms in total. The maximum atomic E-state index is 14.7. The first-order valence-electron chi connectivity index (χ1n) is 17.0. The van der Waals surface area contributed by atoms with Crippen molar-refractivity contribution in [3.05, 3.63) is 93.9 Å². The van der Waals surface area contributed by atoms with Crippen molar-refractivity contribution in [1.29, 1.82) is 0 Å². The van der Waals surface area contributed by atoms with Crippen LogP contribution in [0.3, 0.4) is 0 Å². The van der Waals surface area contributed by atoms with Gasteiger partial charge in [0.1, 0.15) is 5.83 Å². The molecule has 0 amide bonds. The van der Waals surface area contributed by atoms with Gasteiger partial charge in [0.2, 0.25) is 0 Å². The molecule has 1 aromatic heterocycles. The minimum absolute atomic E-state index is 0.193. The number of aliphatic imine (C=N–C) groups is 1. The van der Waals surface area contributed by atoms with Gasteiger partial charge < -0.3 is 4.98 Å². The number of aryl methyl sites for hydroxylation is 1. The fourth-order valence-electron chi connectivity index (χ4n) is 3.92. The number of aromatic nitrogens is 1. The number of allylic oxidation sites excluding steroid dienone is 9. The summed E-state index contributed by atoms with van der Waals surface area (Å²) >= 11 is 6.05. The summed E-state index contributed by atoms with van der Waals surface area (Å²) in [5.74, 6) is -0.404. The first-order chi connectivity index (χ1) is 21.5. The molecule has 1 atom stereocenters. The largest absolute Gasteiger partial charge is 0.358 e. The van der Waals surface area contributed by atoms with Gasteiger partial charge in [-0.3, -0.25) is 4.99 Å². The van der Waals surface area contributed by atoms with Crippen molar-refractivity contribution in [1.82, 2.24) is 4.98 Å². The number of nitrogens with one attached hydrogen (secondary N) is 1. The average molecular weight is 647 g/mol. The fourth-order valence-corrected chi connectivity index (χ4v) is 4.08. The number of nitrogens with zero attached hydrogens (tertiary/aromatic N) is 1. The van der Waals surface area contributed by atoms with Crippen LogP contribution < -0.4 is 0 Å². The lowest BCUT2D eigenvalue weighted by Crippen LogP contribution is -2.01. The lowest BCUT2D eigenvalue weighted by molar-refractivity contribution is 0.638. The van der Waals surface area contributed by atoms with E-state index in [4.69, 9.17) is 11.6 Å². The molecule has 0 aliphatic heterocycles. The lowest BCUT2D eigenvalue weighted by atomic mass is 9.91. The molecule has 1 aromatic carbocycles. The minimum atomic E-state index is -0.301. The third-order valence-corrected chi connectivity index (χ3v) is 6.75. The molecule has 2 rings (SSSR count). The fraction of sp³-hybridized carbons (Fsp3) is 0.525. The van der Waals surface area contributed by atoms with Crippen LogP contribution in [0.15, 0.2) is 76.8 Å². The van der Waals surface area contributed by atoms with Gasteiger partial charge in [-0.1, -0.05) is 123 Å². The lowest BCUT2D eigenvalue weighted by Gasteiger charge is -2.15. The van der Waals surface area contributed by atoms with Gasteiger partial charge in [-0.25, -0.2) is 8.78 Å². The topological polar surface area (TPSA) is 28.1 Å². The second-order valence-electron chi connectivity index (χ2n) is 10.0. The monoisotopic (exact) mass is 646 g/mol. The van der Waals surface area contributed by atoms with Crippen LogP contribution in [0, 0.1) is 5.82 Å². The molecule has 256 valence electrons. The zero-order valence-electron chi connectivity index (χ0n) is 30.9. The predicted molar refractivity (Wildman–Crippen MR) is 203 cm³/mol. The number of unbranched alkanes of at least 4 members (excludes halogenated alkanes) is 1. The molecule has 0 aliphatic rings. The van der Waals surface area contributed by atoms with Crippen molar-refractivity contribution < 1.29 is 8.78 Å². The van der Waals surface area contributed by atoms with Gasteiger partial charge in [-0.2, -0.15) is 0 Å². The number of fused-ring (bicyclic) bond motifs is 1. The molecule has 0 saturated carbocycles. The maximum absolute atomic E-state index is 14.7. The Kier molecular flexibility index (Phi) is 31.1. The summed E-state index contributed by atoms with van der Waals surface area (Å²) in [5.41, 5.74) is 6.42. The summed E-state index contributed by atoms with van der Waals surface area (Å²) in [5, 5.41) is 0.858. The Morgan fingerprint density at radius 2 is 1.58 bits per heavy atom. The van der Waals surface area contributed by atoms with E-state index < -0.39 is 0 Å². The summed E-state index contributed by atoms with van der Waals surface area (Å²) < 4.78 is 27.2. The Morgan fingerprint density at radius 3 is 2.04 bits per heavy atom. The van der Waals surface area contributed by atoms with Crippen LogP contribution in [0.5, 0.6) is 0 Å². The van der Waals surface area contributed by atoms with E-state index in [0.29, 0.717) is 5.39 Å². The number of aromatic amines is 1. The molecule has 0 fully saturated rings. The predicted octanol–water partition coefficient (Wildman–Crippen LogP) is 15.0. The highest BCUT2D eigenvalue weighted by Crippen LogP contribution is 2.36. The van der Waals surface area contributed by atoms with Crippen LogP contribution >= 0.6 is 11.6 Å². The van der Waals surface area contributed by atoms with Gasteiger partial charge in [0.15, 0.2) is 5.82 Å². The second kappa shape index (κ2) is 30.0. The Bertz CT molecular complexity index is 1210. The molecular formula is C40H65ClF2N2. The zero-order valence-corrected chi connectivity index (χ0v) is 31.7. The van der Waals surface area contributed by atoms with Gasteiger partial charge in [0.25, 0.3) is 0 Å². The number of rotatable bonds is 12. The van der Waals surface area contributed by atoms with Crippen molar-refractivity contribution in [2.24, 2.45) is 4.99 Å². The SMILES string of the molecule is C=C(C)CC.CC.CC.CC/C=C/C(=C\CC)C(C)c1[nH]c2ccc(Cl)c(F)c2c1CCCC.C\C=C(F)/C=N/C(C)=C/CC.